The molecule has 4 unspecified atom stereocenters. The van der Waals surface area contributed by atoms with Crippen molar-refractivity contribution >= 4 is 76.7 Å². The summed E-state index contributed by atoms with van der Waals surface area (Å²) in [6.45, 7) is 25.0. The molecule has 0 saturated carbocycles. The number of hydrogen-bond donors (Lipinski definition) is 12. The van der Waals surface area contributed by atoms with E-state index in [1.54, 1.807) is 46.9 Å². The summed E-state index contributed by atoms with van der Waals surface area (Å²) in [5, 5.41) is 28.9. The standard InChI is InChI=1S/C37H69N9O8.C10H15N5O.C7H13NO/c1-20(2)17-26(31(38)49)44-32(50)25(15-13-14-16-39-12)43-35(53)30(23(7)8)45-36(54)37(10,11)46-33(51)27(18-21(3)4)42-28(48)19-40-34(52)29(22(5)6)41-24(9)47;1-14(2)8-3-5-9(6-4-8)15(12)13-10(11)7-16;1-3-5-6-8-7(9)4-2/h20-23,25-27,29-30,39H,13-19H2,1-12H3,(H2,38,49)(H,40,52)(H,41,47)(H,42,48)(H,43,53)(H,44,50)(H,45,54)(H,46,51);3-7H,12H2,1-2H3,(H2,11,13);4H,2-3,5-6H2,1H3,(H,8,9)/t25-,26?,27?,29?,30?;;/m0../s1. The summed E-state index contributed by atoms with van der Waals surface area (Å²) >= 11 is 0. The van der Waals surface area contributed by atoms with Crippen LogP contribution in [0.15, 0.2) is 42.0 Å². The first-order chi connectivity index (χ1) is 36.8. The van der Waals surface area contributed by atoms with Gasteiger partial charge in [-0.15, -0.1) is 5.10 Å². The number of anilines is 2. The Morgan fingerprint density at radius 2 is 1.22 bits per heavy atom. The molecule has 0 aromatic heterocycles. The average molecular weight is 1120 g/mol. The molecule has 5 atom stereocenters. The third kappa shape index (κ3) is 32.4. The molecule has 0 radical (unpaired) electrons. The van der Waals surface area contributed by atoms with Gasteiger partial charge >= 0.3 is 0 Å². The van der Waals surface area contributed by atoms with Crippen LogP contribution in [0.25, 0.3) is 0 Å². The summed E-state index contributed by atoms with van der Waals surface area (Å²) in [5.41, 5.74) is 10.9. The molecule has 0 heterocycles. The second-order valence-electron chi connectivity index (χ2n) is 21.2. The van der Waals surface area contributed by atoms with E-state index in [2.05, 4.69) is 66.5 Å². The summed E-state index contributed by atoms with van der Waals surface area (Å²) in [6.07, 6.45) is 5.99. The third-order valence-corrected chi connectivity index (χ3v) is 11.5. The van der Waals surface area contributed by atoms with Gasteiger partial charge in [0.25, 0.3) is 0 Å². The van der Waals surface area contributed by atoms with E-state index < -0.39 is 95.5 Å². The number of amides is 9. The smallest absolute Gasteiger partial charge is 0.245 e. The number of carbonyl (C=O) groups is 10. The number of primary amides is 1. The van der Waals surface area contributed by atoms with Gasteiger partial charge < -0.3 is 64.2 Å². The van der Waals surface area contributed by atoms with Crippen LogP contribution in [-0.4, -0.2) is 142 Å². The first-order valence-corrected chi connectivity index (χ1v) is 26.8. The molecule has 9 amide bonds. The van der Waals surface area contributed by atoms with Gasteiger partial charge in [0.15, 0.2) is 12.1 Å². The van der Waals surface area contributed by atoms with Crippen molar-refractivity contribution in [2.45, 2.75) is 164 Å². The minimum atomic E-state index is -1.56. The number of nitrogens with two attached hydrogens (primary N) is 3. The van der Waals surface area contributed by atoms with Gasteiger partial charge in [0.1, 0.15) is 35.7 Å². The molecule has 0 bridgehead atoms. The fraction of sp³-hybridized carbons (Fsp3) is 0.648. The van der Waals surface area contributed by atoms with E-state index in [0.717, 1.165) is 36.6 Å². The molecule has 1 aromatic carbocycles. The van der Waals surface area contributed by atoms with Crippen LogP contribution in [0.3, 0.4) is 0 Å². The Balaban J connectivity index is 0. The summed E-state index contributed by atoms with van der Waals surface area (Å²) in [5.74, 6) is -0.123. The van der Waals surface area contributed by atoms with Crippen LogP contribution >= 0.6 is 0 Å². The zero-order valence-electron chi connectivity index (χ0n) is 49.6. The zero-order chi connectivity index (χ0) is 61.2. The van der Waals surface area contributed by atoms with E-state index in [0.29, 0.717) is 31.4 Å². The van der Waals surface area contributed by atoms with E-state index in [1.165, 1.54) is 26.8 Å². The molecule has 25 heteroatoms. The molecule has 0 saturated heterocycles. The van der Waals surface area contributed by atoms with Gasteiger partial charge in [-0.1, -0.05) is 75.3 Å². The van der Waals surface area contributed by atoms with E-state index in [1.807, 2.05) is 58.8 Å². The molecule has 0 aliphatic carbocycles. The topological polar surface area (TPSA) is 376 Å². The van der Waals surface area contributed by atoms with Gasteiger partial charge in [0.05, 0.1) is 12.2 Å². The molecule has 0 fully saturated rings. The Morgan fingerprint density at radius 1 is 0.684 bits per heavy atom. The van der Waals surface area contributed by atoms with Crippen molar-refractivity contribution in [2.75, 3.05) is 50.8 Å². The van der Waals surface area contributed by atoms with Crippen LogP contribution in [0.1, 0.15) is 128 Å². The first kappa shape index (κ1) is 73.9. The molecular formula is C54H97N15O10. The number of nitrogens with one attached hydrogen (secondary N) is 9. The van der Waals surface area contributed by atoms with Gasteiger partial charge in [-0.05, 0) is 120 Å². The normalized spacial score (nSPS) is 13.0. The van der Waals surface area contributed by atoms with Crippen molar-refractivity contribution in [3.8, 4) is 0 Å². The maximum Gasteiger partial charge on any atom is 0.245 e. The lowest BCUT2D eigenvalue weighted by molar-refractivity contribution is -0.138. The van der Waals surface area contributed by atoms with E-state index in [4.69, 9.17) is 17.3 Å². The minimum Gasteiger partial charge on any atom is -0.379 e. The highest BCUT2D eigenvalue weighted by Crippen LogP contribution is 2.18. The maximum atomic E-state index is 13.7. The predicted molar refractivity (Wildman–Crippen MR) is 309 cm³/mol. The number of carbonyl (C=O) groups excluding carboxylic acids is 10. The Bertz CT molecular complexity index is 2130. The van der Waals surface area contributed by atoms with Gasteiger partial charge in [-0.3, -0.25) is 47.9 Å². The number of rotatable bonds is 33. The SMILES string of the molecule is C=CC(=O)NCCCC.CN(C)c1ccc(N(N)/N=C(\N)C=O)cc1.CNCCCC[C@H](NC(=O)C(NC(=O)C(C)(C)NC(=O)C(CC(C)C)NC(=O)CNC(=O)C(NC(C)=O)C(C)C)C(C)C)C(=O)NC(CC(C)C)C(N)=O. The molecule has 0 aliphatic rings. The lowest BCUT2D eigenvalue weighted by atomic mass is 9.97. The fourth-order valence-electron chi connectivity index (χ4n) is 7.03. The van der Waals surface area contributed by atoms with Crippen molar-refractivity contribution in [3.63, 3.8) is 0 Å². The Hall–Kier alpha value is -7.15. The lowest BCUT2D eigenvalue weighted by Gasteiger charge is -2.32. The second kappa shape index (κ2) is 39.2. The monoisotopic (exact) mass is 1120 g/mol. The molecule has 79 heavy (non-hydrogen) atoms. The number of hydrazone groups is 1. The van der Waals surface area contributed by atoms with Crippen LogP contribution in [0, 0.1) is 23.7 Å². The first-order valence-electron chi connectivity index (χ1n) is 26.8. The fourth-order valence-corrected chi connectivity index (χ4v) is 7.03. The highest BCUT2D eigenvalue weighted by molar-refractivity contribution is 6.26. The zero-order valence-corrected chi connectivity index (χ0v) is 49.6. The van der Waals surface area contributed by atoms with Crippen LogP contribution in [0.2, 0.25) is 0 Å². The summed E-state index contributed by atoms with van der Waals surface area (Å²) < 4.78 is 0. The number of nitrogens with zero attached hydrogens (tertiary/aromatic N) is 3. The highest BCUT2D eigenvalue weighted by Gasteiger charge is 2.37. The van der Waals surface area contributed by atoms with Crippen molar-refractivity contribution < 1.29 is 47.9 Å². The van der Waals surface area contributed by atoms with Crippen molar-refractivity contribution in [1.82, 2.24) is 47.9 Å². The number of benzene rings is 1. The molecule has 25 nitrogen and oxygen atoms in total. The maximum absolute atomic E-state index is 13.7. The molecule has 1 aromatic rings. The number of unbranched alkanes of at least 4 members (excludes halogenated alkanes) is 2. The summed E-state index contributed by atoms with van der Waals surface area (Å²) in [7, 11) is 5.69. The summed E-state index contributed by atoms with van der Waals surface area (Å²) in [4.78, 5) is 126. The van der Waals surface area contributed by atoms with Gasteiger partial charge in [0, 0.05) is 33.3 Å². The second-order valence-corrected chi connectivity index (χ2v) is 21.2. The predicted octanol–water partition coefficient (Wildman–Crippen LogP) is 0.713. The Morgan fingerprint density at radius 3 is 1.68 bits per heavy atom. The van der Waals surface area contributed by atoms with Crippen LogP contribution < -0.4 is 75.2 Å². The number of hydrogen-bond acceptors (Lipinski definition) is 15. The number of hydrazine groups is 1. The Labute approximate surface area is 468 Å². The molecule has 1 rings (SSSR count). The highest BCUT2D eigenvalue weighted by atomic mass is 16.2. The number of aldehydes is 1. The Kier molecular flexibility index (Phi) is 36.7. The van der Waals surface area contributed by atoms with Crippen LogP contribution in [-0.2, 0) is 47.9 Å². The molecular weight excluding hydrogens is 1020 g/mol. The van der Waals surface area contributed by atoms with Gasteiger partial charge in [-0.25, -0.2) is 5.84 Å². The van der Waals surface area contributed by atoms with Crippen LogP contribution in [0.4, 0.5) is 11.4 Å². The minimum absolute atomic E-state index is 0.0429. The van der Waals surface area contributed by atoms with E-state index in [-0.39, 0.29) is 42.3 Å². The average Bonchev–Trinajstić information content (AvgIpc) is 3.36. The van der Waals surface area contributed by atoms with Crippen LogP contribution in [0.5, 0.6) is 0 Å². The summed E-state index contributed by atoms with van der Waals surface area (Å²) in [6, 6.07) is 2.40. The van der Waals surface area contributed by atoms with Crippen molar-refractivity contribution in [2.24, 2.45) is 46.1 Å². The van der Waals surface area contributed by atoms with Gasteiger partial charge in [0.2, 0.25) is 53.2 Å². The third-order valence-electron chi connectivity index (χ3n) is 11.5. The van der Waals surface area contributed by atoms with Crippen molar-refractivity contribution in [3.05, 3.63) is 36.9 Å². The van der Waals surface area contributed by atoms with E-state index in [9.17, 15) is 47.9 Å². The van der Waals surface area contributed by atoms with Gasteiger partial charge in [-0.2, -0.15) is 5.12 Å². The number of amidine groups is 1. The molecule has 0 aliphatic heterocycles. The molecule has 15 N–H and O–H groups in total. The molecule has 448 valence electrons. The quantitative estimate of drug-likeness (QED) is 0.00878. The molecule has 0 spiro atoms. The largest absolute Gasteiger partial charge is 0.379 e. The van der Waals surface area contributed by atoms with E-state index >= 15 is 0 Å². The lowest BCUT2D eigenvalue weighted by Crippen LogP contribution is -2.63. The van der Waals surface area contributed by atoms with Crippen molar-refractivity contribution in [1.29, 1.82) is 0 Å².